The van der Waals surface area contributed by atoms with Crippen molar-refractivity contribution in [3.63, 3.8) is 0 Å². The average Bonchev–Trinajstić information content (AvgIpc) is 2.10. The summed E-state index contributed by atoms with van der Waals surface area (Å²) in [5.74, 6) is 4.98. The molecule has 0 atom stereocenters. The molecule has 0 heterocycles. The normalized spacial score (nSPS) is 8.75. The van der Waals surface area contributed by atoms with E-state index in [-0.39, 0.29) is 0 Å². The molecule has 0 aromatic carbocycles. The van der Waals surface area contributed by atoms with E-state index in [9.17, 15) is 0 Å². The maximum absolute atomic E-state index is 4.98. The van der Waals surface area contributed by atoms with Gasteiger partial charge in [0.1, 0.15) is 0 Å². The van der Waals surface area contributed by atoms with Gasteiger partial charge in [0.15, 0.2) is 0 Å². The van der Waals surface area contributed by atoms with E-state index in [0.29, 0.717) is 0 Å². The van der Waals surface area contributed by atoms with Crippen LogP contribution in [-0.4, -0.2) is 0 Å². The van der Waals surface area contributed by atoms with E-state index in [1.165, 1.54) is 12.0 Å². The van der Waals surface area contributed by atoms with Gasteiger partial charge in [0.05, 0.1) is 0 Å². The Hall–Kier alpha value is -0.500. The number of nitrogens with one attached hydrogen (secondary N) is 1. The first-order valence-corrected chi connectivity index (χ1v) is 4.84. The molecule has 0 bridgehead atoms. The summed E-state index contributed by atoms with van der Waals surface area (Å²) < 4.78 is 0. The first-order chi connectivity index (χ1) is 5.72. The van der Waals surface area contributed by atoms with E-state index in [4.69, 9.17) is 5.84 Å². The van der Waals surface area contributed by atoms with Crippen molar-refractivity contribution >= 4 is 0 Å². The minimum Gasteiger partial charge on any atom is -0.331 e. The van der Waals surface area contributed by atoms with Crippen LogP contribution in [0, 0.1) is 0 Å². The number of rotatable bonds is 2. The molecule has 0 saturated heterocycles. The highest BCUT2D eigenvalue weighted by atomic mass is 15.2. The number of nitrogens with two attached hydrogens (primary N) is 1. The van der Waals surface area contributed by atoms with E-state index in [2.05, 4.69) is 26.2 Å². The summed E-state index contributed by atoms with van der Waals surface area (Å²) in [5.41, 5.74) is 3.72. The number of allylic oxidation sites excluding steroid dienone is 1. The molecule has 0 aliphatic rings. The van der Waals surface area contributed by atoms with Crippen LogP contribution >= 0.6 is 0 Å². The van der Waals surface area contributed by atoms with Crippen LogP contribution in [0.4, 0.5) is 0 Å². The molecule has 0 aromatic heterocycles. The Morgan fingerprint density at radius 2 is 1.58 bits per heavy atom. The highest BCUT2D eigenvalue weighted by Gasteiger charge is 1.76. The smallest absolute Gasteiger partial charge is 0.0112 e. The molecule has 12 heavy (non-hydrogen) atoms. The van der Waals surface area contributed by atoms with Gasteiger partial charge < -0.3 is 5.43 Å². The minimum atomic E-state index is 1.06. The third kappa shape index (κ3) is 33.9. The highest BCUT2D eigenvalue weighted by molar-refractivity contribution is 4.93. The van der Waals surface area contributed by atoms with Crippen LogP contribution in [0.25, 0.3) is 0 Å². The van der Waals surface area contributed by atoms with E-state index < -0.39 is 0 Å². The predicted octanol–water partition coefficient (Wildman–Crippen LogP) is 3.21. The highest BCUT2D eigenvalue weighted by Crippen LogP contribution is 1.92. The molecule has 0 saturated carbocycles. The zero-order valence-electron chi connectivity index (χ0n) is 9.57. The second kappa shape index (κ2) is 22.4. The van der Waals surface area contributed by atoms with Crippen molar-refractivity contribution in [1.29, 1.82) is 0 Å². The first-order valence-electron chi connectivity index (χ1n) is 4.84. The molecule has 0 fully saturated rings. The summed E-state index contributed by atoms with van der Waals surface area (Å²) >= 11 is 0. The first kappa shape index (κ1) is 17.5. The van der Waals surface area contributed by atoms with Crippen molar-refractivity contribution in [2.45, 2.75) is 54.4 Å². The van der Waals surface area contributed by atoms with Crippen molar-refractivity contribution in [3.05, 3.63) is 11.8 Å². The molecule has 0 unspecified atom stereocenters. The van der Waals surface area contributed by atoms with E-state index in [1.54, 1.807) is 6.20 Å². The lowest BCUT2D eigenvalue weighted by molar-refractivity contribution is 0.929. The number of hydrazine groups is 1. The average molecular weight is 174 g/mol. The van der Waals surface area contributed by atoms with Gasteiger partial charge in [-0.15, -0.1) is 0 Å². The van der Waals surface area contributed by atoms with Crippen molar-refractivity contribution in [2.24, 2.45) is 5.84 Å². The van der Waals surface area contributed by atoms with Crippen molar-refractivity contribution < 1.29 is 0 Å². The zero-order chi connectivity index (χ0) is 10.4. The van der Waals surface area contributed by atoms with Gasteiger partial charge in [-0.1, -0.05) is 46.6 Å². The van der Waals surface area contributed by atoms with Gasteiger partial charge in [-0.25, -0.2) is 0 Å². The van der Waals surface area contributed by atoms with Gasteiger partial charge in [-0.2, -0.15) is 0 Å². The van der Waals surface area contributed by atoms with Crippen LogP contribution in [0.5, 0.6) is 0 Å². The number of hydrogen-bond acceptors (Lipinski definition) is 2. The quantitative estimate of drug-likeness (QED) is 0.498. The Kier molecular flexibility index (Phi) is 32.8. The lowest BCUT2D eigenvalue weighted by Crippen LogP contribution is -2.13. The molecule has 0 aliphatic carbocycles. The Bertz CT molecular complexity index is 77.9. The van der Waals surface area contributed by atoms with Gasteiger partial charge in [-0.05, 0) is 13.3 Å². The minimum absolute atomic E-state index is 1.06. The molecule has 0 radical (unpaired) electrons. The molecule has 3 N–H and O–H groups in total. The fourth-order valence-corrected chi connectivity index (χ4v) is 0.244. The van der Waals surface area contributed by atoms with Gasteiger partial charge in [-0.3, -0.25) is 5.84 Å². The SMILES string of the molecule is CC.CC/C(C)=C/NN.CCC. The number of hydrogen-bond donors (Lipinski definition) is 2. The van der Waals surface area contributed by atoms with Crippen LogP contribution in [0.3, 0.4) is 0 Å². The summed E-state index contributed by atoms with van der Waals surface area (Å²) in [6, 6.07) is 0. The molecule has 76 valence electrons. The monoisotopic (exact) mass is 174 g/mol. The molecule has 0 spiro atoms. The second-order valence-corrected chi connectivity index (χ2v) is 2.22. The summed E-state index contributed by atoms with van der Waals surface area (Å²) in [4.78, 5) is 0. The maximum Gasteiger partial charge on any atom is 0.0112 e. The summed E-state index contributed by atoms with van der Waals surface area (Å²) in [7, 11) is 0. The predicted molar refractivity (Wildman–Crippen MR) is 58.7 cm³/mol. The lowest BCUT2D eigenvalue weighted by atomic mass is 10.3. The molecule has 2 nitrogen and oxygen atoms in total. The van der Waals surface area contributed by atoms with E-state index >= 15 is 0 Å². The zero-order valence-corrected chi connectivity index (χ0v) is 9.57. The van der Waals surface area contributed by atoms with E-state index in [0.717, 1.165) is 6.42 Å². The summed E-state index contributed by atoms with van der Waals surface area (Å²) in [6.45, 7) is 12.4. The van der Waals surface area contributed by atoms with Crippen molar-refractivity contribution in [3.8, 4) is 0 Å². The summed E-state index contributed by atoms with van der Waals surface area (Å²) in [6.07, 6.45) is 4.10. The fourth-order valence-electron chi connectivity index (χ4n) is 0.244. The van der Waals surface area contributed by atoms with Gasteiger partial charge in [0.2, 0.25) is 0 Å². The van der Waals surface area contributed by atoms with Crippen molar-refractivity contribution in [2.75, 3.05) is 0 Å². The van der Waals surface area contributed by atoms with Crippen LogP contribution in [0.15, 0.2) is 11.8 Å². The molecule has 2 heteroatoms. The largest absolute Gasteiger partial charge is 0.331 e. The fraction of sp³-hybridized carbons (Fsp3) is 0.800. The Labute approximate surface area is 78.2 Å². The Morgan fingerprint density at radius 1 is 1.25 bits per heavy atom. The third-order valence-corrected chi connectivity index (χ3v) is 0.887. The second-order valence-electron chi connectivity index (χ2n) is 2.22. The summed E-state index contributed by atoms with van der Waals surface area (Å²) in [5, 5.41) is 0. The Morgan fingerprint density at radius 3 is 1.67 bits per heavy atom. The molecular formula is C10H26N2. The topological polar surface area (TPSA) is 38.0 Å². The van der Waals surface area contributed by atoms with Crippen LogP contribution < -0.4 is 11.3 Å². The molecule has 0 rings (SSSR count). The molecular weight excluding hydrogens is 148 g/mol. The van der Waals surface area contributed by atoms with E-state index in [1.807, 2.05) is 20.8 Å². The molecule has 0 amide bonds. The van der Waals surface area contributed by atoms with Crippen molar-refractivity contribution in [1.82, 2.24) is 5.43 Å². The Balaban J connectivity index is -0.000000137. The van der Waals surface area contributed by atoms with Gasteiger partial charge in [0, 0.05) is 6.20 Å². The van der Waals surface area contributed by atoms with Gasteiger partial charge >= 0.3 is 0 Å². The maximum atomic E-state index is 4.98. The molecule has 0 aromatic rings. The van der Waals surface area contributed by atoms with Crippen LogP contribution in [-0.2, 0) is 0 Å². The standard InChI is InChI=1S/C5H12N2.C3H8.C2H6/c1-3-5(2)4-7-6;1-3-2;1-2/h4,7H,3,6H2,1-2H3;3H2,1-2H3;1-2H3/b5-4+;;. The third-order valence-electron chi connectivity index (χ3n) is 0.887. The molecule has 0 aliphatic heterocycles. The lowest BCUT2D eigenvalue weighted by Gasteiger charge is -1.91. The van der Waals surface area contributed by atoms with Crippen LogP contribution in [0.2, 0.25) is 0 Å². The van der Waals surface area contributed by atoms with Crippen LogP contribution in [0.1, 0.15) is 54.4 Å². The van der Waals surface area contributed by atoms with Gasteiger partial charge in [0.25, 0.3) is 0 Å².